The zero-order valence-electron chi connectivity index (χ0n) is 30.0. The molecule has 0 aliphatic carbocycles. The summed E-state index contributed by atoms with van der Waals surface area (Å²) in [5, 5.41) is 5.89. The highest BCUT2D eigenvalue weighted by atomic mass is 16.4. The van der Waals surface area contributed by atoms with Crippen molar-refractivity contribution < 1.29 is 13.3 Å². The van der Waals surface area contributed by atoms with Crippen LogP contribution in [-0.2, 0) is 0 Å². The Kier molecular flexibility index (Phi) is 6.76. The first-order chi connectivity index (χ1) is 28.2. The summed E-state index contributed by atoms with van der Waals surface area (Å²) in [6.07, 6.45) is 0. The van der Waals surface area contributed by atoms with Gasteiger partial charge in [0.1, 0.15) is 22.2 Å². The van der Waals surface area contributed by atoms with E-state index in [1.54, 1.807) is 0 Å². The lowest BCUT2D eigenvalue weighted by Gasteiger charge is -2.12. The highest BCUT2D eigenvalue weighted by Gasteiger charge is 2.22. The molecule has 8 heteroatoms. The van der Waals surface area contributed by atoms with Gasteiger partial charge in [-0.3, -0.25) is 0 Å². The number of hydrogen-bond acceptors (Lipinski definition) is 8. The molecule has 8 aromatic carbocycles. The van der Waals surface area contributed by atoms with Crippen molar-refractivity contribution in [3.05, 3.63) is 164 Å². The van der Waals surface area contributed by atoms with Gasteiger partial charge in [0.05, 0.1) is 10.9 Å². The first-order valence-electron chi connectivity index (χ1n) is 18.7. The van der Waals surface area contributed by atoms with Crippen molar-refractivity contribution in [2.24, 2.45) is 0 Å². The summed E-state index contributed by atoms with van der Waals surface area (Å²) >= 11 is 0. The number of rotatable bonds is 5. The number of oxazole rings is 2. The molecule has 0 saturated heterocycles. The van der Waals surface area contributed by atoms with Crippen LogP contribution in [0.1, 0.15) is 0 Å². The number of furan rings is 1. The zero-order valence-corrected chi connectivity index (χ0v) is 30.0. The molecule has 0 amide bonds. The van der Waals surface area contributed by atoms with Crippen LogP contribution in [0.5, 0.6) is 0 Å². The molecule has 4 heterocycles. The monoisotopic (exact) mass is 733 g/mol. The lowest BCUT2D eigenvalue weighted by atomic mass is 9.99. The third-order valence-electron chi connectivity index (χ3n) is 10.6. The van der Waals surface area contributed by atoms with E-state index in [-0.39, 0.29) is 0 Å². The van der Waals surface area contributed by atoms with E-state index < -0.39 is 0 Å². The average Bonchev–Trinajstić information content (AvgIpc) is 4.02. The topological polar surface area (TPSA) is 104 Å². The second-order valence-electron chi connectivity index (χ2n) is 14.0. The molecular formula is C49H27N5O3. The molecule has 0 radical (unpaired) electrons. The second-order valence-corrected chi connectivity index (χ2v) is 14.0. The summed E-state index contributed by atoms with van der Waals surface area (Å²) in [6, 6.07) is 54.4. The molecule has 0 saturated carbocycles. The molecule has 57 heavy (non-hydrogen) atoms. The molecule has 12 rings (SSSR count). The largest absolute Gasteiger partial charge is 0.456 e. The van der Waals surface area contributed by atoms with Crippen molar-refractivity contribution >= 4 is 65.7 Å². The van der Waals surface area contributed by atoms with Crippen LogP contribution in [0.25, 0.3) is 123 Å². The molecule has 0 unspecified atom stereocenters. The van der Waals surface area contributed by atoms with Crippen LogP contribution in [0, 0.1) is 0 Å². The standard InChI is InChI=1S/C49H27N5O3/c1-3-13-29(14-4-1)48-50-37-23-11-22-36(43(37)56-48)47-53-45(34-20-9-17-28-12-7-8-18-31(28)34)52-46(54-47)35-21-10-19-33-32(35)24-26-39-41(33)42-40(55-39)27-25-38-44(42)57-49(51-38)30-15-5-2-6-16-30/h1-27H. The van der Waals surface area contributed by atoms with Crippen LogP contribution in [0.15, 0.2) is 177 Å². The molecule has 12 aromatic rings. The first kappa shape index (κ1) is 31.4. The van der Waals surface area contributed by atoms with Crippen molar-refractivity contribution in [2.75, 3.05) is 0 Å². The fourth-order valence-electron chi connectivity index (χ4n) is 7.98. The lowest BCUT2D eigenvalue weighted by Crippen LogP contribution is -2.01. The van der Waals surface area contributed by atoms with E-state index in [4.69, 9.17) is 38.2 Å². The van der Waals surface area contributed by atoms with Gasteiger partial charge >= 0.3 is 0 Å². The Labute approximate surface area is 323 Å². The summed E-state index contributed by atoms with van der Waals surface area (Å²) < 4.78 is 19.4. The predicted molar refractivity (Wildman–Crippen MR) is 224 cm³/mol. The van der Waals surface area contributed by atoms with Crippen molar-refractivity contribution in [3.8, 4) is 57.1 Å². The van der Waals surface area contributed by atoms with E-state index in [1.165, 1.54) is 0 Å². The van der Waals surface area contributed by atoms with Crippen molar-refractivity contribution in [1.29, 1.82) is 0 Å². The van der Waals surface area contributed by atoms with Crippen LogP contribution in [0.2, 0.25) is 0 Å². The van der Waals surface area contributed by atoms with Crippen molar-refractivity contribution in [2.45, 2.75) is 0 Å². The highest BCUT2D eigenvalue weighted by Crippen LogP contribution is 2.42. The van der Waals surface area contributed by atoms with Gasteiger partial charge in [-0.2, -0.15) is 0 Å². The molecular weight excluding hydrogens is 707 g/mol. The van der Waals surface area contributed by atoms with Gasteiger partial charge in [0.25, 0.3) is 0 Å². The molecule has 0 aliphatic rings. The Morgan fingerprint density at radius 1 is 0.316 bits per heavy atom. The molecule has 8 nitrogen and oxygen atoms in total. The average molecular weight is 734 g/mol. The molecule has 4 aromatic heterocycles. The molecule has 0 spiro atoms. The first-order valence-corrected chi connectivity index (χ1v) is 18.7. The molecule has 0 atom stereocenters. The molecule has 0 N–H and O–H groups in total. The molecule has 0 bridgehead atoms. The van der Waals surface area contributed by atoms with E-state index in [2.05, 4.69) is 42.5 Å². The quantitative estimate of drug-likeness (QED) is 0.172. The number of nitrogens with zero attached hydrogens (tertiary/aromatic N) is 5. The second kappa shape index (κ2) is 12.3. The highest BCUT2D eigenvalue weighted by molar-refractivity contribution is 6.26. The van der Waals surface area contributed by atoms with Crippen LogP contribution >= 0.6 is 0 Å². The van der Waals surface area contributed by atoms with Gasteiger partial charge in [0, 0.05) is 27.6 Å². The Morgan fingerprint density at radius 3 is 1.60 bits per heavy atom. The minimum atomic E-state index is 0.480. The summed E-state index contributed by atoms with van der Waals surface area (Å²) in [7, 11) is 0. The SMILES string of the molecule is c1ccc(-c2nc3cccc(-c4nc(-c5cccc6ccccc56)nc(-c5cccc6c5ccc5oc7ccc8nc(-c9ccccc9)oc8c7c56)n4)c3o2)cc1. The zero-order chi connectivity index (χ0) is 37.5. The van der Waals surface area contributed by atoms with Gasteiger partial charge < -0.3 is 13.3 Å². The number of aromatic nitrogens is 5. The predicted octanol–water partition coefficient (Wildman–Crippen LogP) is 12.7. The van der Waals surface area contributed by atoms with Crippen LogP contribution in [-0.4, -0.2) is 24.9 Å². The van der Waals surface area contributed by atoms with E-state index in [0.29, 0.717) is 45.9 Å². The normalized spacial score (nSPS) is 11.9. The van der Waals surface area contributed by atoms with Crippen LogP contribution in [0.3, 0.4) is 0 Å². The third-order valence-corrected chi connectivity index (χ3v) is 10.6. The van der Waals surface area contributed by atoms with Gasteiger partial charge in [-0.15, -0.1) is 0 Å². The van der Waals surface area contributed by atoms with Crippen LogP contribution < -0.4 is 0 Å². The summed E-state index contributed by atoms with van der Waals surface area (Å²) in [6.45, 7) is 0. The van der Waals surface area contributed by atoms with E-state index >= 15 is 0 Å². The number of fused-ring (bicyclic) bond motifs is 9. The van der Waals surface area contributed by atoms with Gasteiger partial charge in [0.2, 0.25) is 11.8 Å². The Bertz CT molecular complexity index is 3530. The van der Waals surface area contributed by atoms with Gasteiger partial charge in [-0.25, -0.2) is 24.9 Å². The maximum absolute atomic E-state index is 6.51. The van der Waals surface area contributed by atoms with E-state index in [1.807, 2.05) is 121 Å². The lowest BCUT2D eigenvalue weighted by molar-refractivity contribution is 0.620. The van der Waals surface area contributed by atoms with Crippen molar-refractivity contribution in [1.82, 2.24) is 24.9 Å². The minimum Gasteiger partial charge on any atom is -0.456 e. The van der Waals surface area contributed by atoms with E-state index in [9.17, 15) is 0 Å². The third kappa shape index (κ3) is 4.97. The van der Waals surface area contributed by atoms with Gasteiger partial charge in [0.15, 0.2) is 28.6 Å². The Hall–Kier alpha value is -7.97. The van der Waals surface area contributed by atoms with E-state index in [0.717, 1.165) is 76.8 Å². The van der Waals surface area contributed by atoms with Gasteiger partial charge in [-0.1, -0.05) is 103 Å². The summed E-state index contributed by atoms with van der Waals surface area (Å²) in [4.78, 5) is 25.3. The number of para-hydroxylation sites is 1. The Morgan fingerprint density at radius 2 is 0.842 bits per heavy atom. The van der Waals surface area contributed by atoms with Gasteiger partial charge in [-0.05, 0) is 82.2 Å². The molecule has 0 aliphatic heterocycles. The minimum absolute atomic E-state index is 0.480. The van der Waals surface area contributed by atoms with Crippen LogP contribution in [0.4, 0.5) is 0 Å². The molecule has 266 valence electrons. The number of benzene rings is 8. The fourth-order valence-corrected chi connectivity index (χ4v) is 7.98. The summed E-state index contributed by atoms with van der Waals surface area (Å²) in [5.74, 6) is 2.65. The number of hydrogen-bond donors (Lipinski definition) is 0. The maximum Gasteiger partial charge on any atom is 0.227 e. The summed E-state index contributed by atoms with van der Waals surface area (Å²) in [5.41, 5.74) is 8.50. The molecule has 0 fully saturated rings. The smallest absolute Gasteiger partial charge is 0.227 e. The maximum atomic E-state index is 6.51. The Balaban J connectivity index is 1.11. The fraction of sp³-hybridized carbons (Fsp3) is 0. The van der Waals surface area contributed by atoms with Crippen molar-refractivity contribution in [3.63, 3.8) is 0 Å².